The highest BCUT2D eigenvalue weighted by Crippen LogP contribution is 2.30. The predicted molar refractivity (Wildman–Crippen MR) is 73.8 cm³/mol. The largest absolute Gasteiger partial charge is 0.493 e. The summed E-state index contributed by atoms with van der Waals surface area (Å²) in [6, 6.07) is 4.45. The zero-order valence-electron chi connectivity index (χ0n) is 11.8. The summed E-state index contributed by atoms with van der Waals surface area (Å²) in [5.74, 6) is 1.02. The fourth-order valence-corrected chi connectivity index (χ4v) is 1.87. The molecule has 0 heterocycles. The van der Waals surface area contributed by atoms with Gasteiger partial charge in [-0.3, -0.25) is 0 Å². The first-order chi connectivity index (χ1) is 7.86. The molecule has 96 valence electrons. The quantitative estimate of drug-likeness (QED) is 0.812. The van der Waals surface area contributed by atoms with Gasteiger partial charge in [0.1, 0.15) is 5.75 Å². The van der Waals surface area contributed by atoms with Crippen LogP contribution >= 0.6 is 0 Å². The Bertz CT molecular complexity index is 354. The Labute approximate surface area is 105 Å². The van der Waals surface area contributed by atoms with Crippen molar-refractivity contribution in [3.63, 3.8) is 0 Å². The molecule has 2 heteroatoms. The lowest BCUT2D eigenvalue weighted by atomic mass is 9.85. The summed E-state index contributed by atoms with van der Waals surface area (Å²) in [6.07, 6.45) is 0.903. The lowest BCUT2D eigenvalue weighted by Crippen LogP contribution is -2.13. The van der Waals surface area contributed by atoms with Gasteiger partial charge in [-0.1, -0.05) is 32.9 Å². The lowest BCUT2D eigenvalue weighted by molar-refractivity contribution is 0.309. The van der Waals surface area contributed by atoms with Crippen molar-refractivity contribution in [2.45, 2.75) is 46.5 Å². The van der Waals surface area contributed by atoms with Crippen molar-refractivity contribution in [2.24, 2.45) is 5.73 Å². The maximum Gasteiger partial charge on any atom is 0.125 e. The zero-order chi connectivity index (χ0) is 13.1. The van der Waals surface area contributed by atoms with Crippen LogP contribution in [0.25, 0.3) is 0 Å². The highest BCUT2D eigenvalue weighted by molar-refractivity contribution is 5.45. The molecule has 0 aliphatic rings. The molecule has 1 rings (SSSR count). The van der Waals surface area contributed by atoms with Gasteiger partial charge in [-0.15, -0.1) is 0 Å². The summed E-state index contributed by atoms with van der Waals surface area (Å²) in [5, 5.41) is 0. The number of hydrogen-bond donors (Lipinski definition) is 1. The molecule has 17 heavy (non-hydrogen) atoms. The SMILES string of the molecule is Cc1cc(C(C)(C)C)cc(C)c1OCCCN. The standard InChI is InChI=1S/C15H25NO/c1-11-9-13(15(3,4)5)10-12(2)14(11)17-8-6-7-16/h9-10H,6-8,16H2,1-5H3. The van der Waals surface area contributed by atoms with Gasteiger partial charge >= 0.3 is 0 Å². The van der Waals surface area contributed by atoms with Gasteiger partial charge in [0.2, 0.25) is 0 Å². The van der Waals surface area contributed by atoms with E-state index in [4.69, 9.17) is 10.5 Å². The van der Waals surface area contributed by atoms with E-state index in [1.54, 1.807) is 0 Å². The second-order valence-corrected chi connectivity index (χ2v) is 5.68. The van der Waals surface area contributed by atoms with Crippen LogP contribution in [0.1, 0.15) is 43.9 Å². The number of nitrogens with two attached hydrogens (primary N) is 1. The monoisotopic (exact) mass is 235 g/mol. The van der Waals surface area contributed by atoms with E-state index < -0.39 is 0 Å². The average Bonchev–Trinajstić information content (AvgIpc) is 2.20. The van der Waals surface area contributed by atoms with Crippen LogP contribution in [-0.4, -0.2) is 13.2 Å². The van der Waals surface area contributed by atoms with Crippen molar-refractivity contribution in [3.05, 3.63) is 28.8 Å². The van der Waals surface area contributed by atoms with Gasteiger partial charge in [0, 0.05) is 0 Å². The van der Waals surface area contributed by atoms with Crippen molar-refractivity contribution >= 4 is 0 Å². The molecule has 0 spiro atoms. The molecule has 0 atom stereocenters. The molecule has 0 fully saturated rings. The molecule has 2 N–H and O–H groups in total. The van der Waals surface area contributed by atoms with Gasteiger partial charge in [-0.05, 0) is 48.9 Å². The van der Waals surface area contributed by atoms with Crippen LogP contribution in [0.5, 0.6) is 5.75 Å². The minimum atomic E-state index is 0.186. The van der Waals surface area contributed by atoms with Crippen molar-refractivity contribution in [3.8, 4) is 5.75 Å². The molecule has 0 saturated heterocycles. The average molecular weight is 235 g/mol. The summed E-state index contributed by atoms with van der Waals surface area (Å²) >= 11 is 0. The van der Waals surface area contributed by atoms with Gasteiger partial charge in [-0.2, -0.15) is 0 Å². The molecule has 0 amide bonds. The Kier molecular flexibility index (Phi) is 4.58. The Morgan fingerprint density at radius 1 is 1.12 bits per heavy atom. The molecule has 0 radical (unpaired) electrons. The number of benzene rings is 1. The van der Waals surface area contributed by atoms with Gasteiger partial charge in [0.05, 0.1) is 6.61 Å². The fourth-order valence-electron chi connectivity index (χ4n) is 1.87. The van der Waals surface area contributed by atoms with Gasteiger partial charge in [0.25, 0.3) is 0 Å². The van der Waals surface area contributed by atoms with Crippen LogP contribution in [0.3, 0.4) is 0 Å². The molecular formula is C15H25NO. The van der Waals surface area contributed by atoms with E-state index in [0.29, 0.717) is 13.2 Å². The first-order valence-electron chi connectivity index (χ1n) is 6.31. The topological polar surface area (TPSA) is 35.2 Å². The summed E-state index contributed by atoms with van der Waals surface area (Å²) in [7, 11) is 0. The van der Waals surface area contributed by atoms with Crippen LogP contribution in [0.4, 0.5) is 0 Å². The van der Waals surface area contributed by atoms with Crippen LogP contribution in [0.15, 0.2) is 12.1 Å². The highest BCUT2D eigenvalue weighted by Gasteiger charge is 2.16. The summed E-state index contributed by atoms with van der Waals surface area (Å²) in [5.41, 5.74) is 9.45. The summed E-state index contributed by atoms with van der Waals surface area (Å²) < 4.78 is 5.80. The van der Waals surface area contributed by atoms with Crippen LogP contribution < -0.4 is 10.5 Å². The van der Waals surface area contributed by atoms with E-state index in [0.717, 1.165) is 12.2 Å². The number of ether oxygens (including phenoxy) is 1. The Hall–Kier alpha value is -1.02. The molecule has 1 aromatic rings. The van der Waals surface area contributed by atoms with E-state index in [-0.39, 0.29) is 5.41 Å². The lowest BCUT2D eigenvalue weighted by Gasteiger charge is -2.22. The van der Waals surface area contributed by atoms with Crippen LogP contribution in [0, 0.1) is 13.8 Å². The van der Waals surface area contributed by atoms with E-state index in [2.05, 4.69) is 46.8 Å². The third-order valence-corrected chi connectivity index (χ3v) is 2.92. The van der Waals surface area contributed by atoms with Crippen molar-refractivity contribution in [1.29, 1.82) is 0 Å². The minimum Gasteiger partial charge on any atom is -0.493 e. The smallest absolute Gasteiger partial charge is 0.125 e. The Morgan fingerprint density at radius 2 is 1.65 bits per heavy atom. The van der Waals surface area contributed by atoms with E-state index >= 15 is 0 Å². The van der Waals surface area contributed by atoms with Crippen LogP contribution in [0.2, 0.25) is 0 Å². The van der Waals surface area contributed by atoms with Crippen LogP contribution in [-0.2, 0) is 5.41 Å². The molecule has 0 bridgehead atoms. The molecule has 0 unspecified atom stereocenters. The number of aryl methyl sites for hydroxylation is 2. The van der Waals surface area contributed by atoms with Crippen molar-refractivity contribution in [1.82, 2.24) is 0 Å². The number of rotatable bonds is 4. The third-order valence-electron chi connectivity index (χ3n) is 2.92. The van der Waals surface area contributed by atoms with Gasteiger partial charge in [-0.25, -0.2) is 0 Å². The molecular weight excluding hydrogens is 210 g/mol. The maximum absolute atomic E-state index is 5.80. The van der Waals surface area contributed by atoms with Gasteiger partial charge in [0.15, 0.2) is 0 Å². The minimum absolute atomic E-state index is 0.186. The maximum atomic E-state index is 5.80. The first kappa shape index (κ1) is 14.0. The summed E-state index contributed by atoms with van der Waals surface area (Å²) in [4.78, 5) is 0. The second-order valence-electron chi connectivity index (χ2n) is 5.68. The number of hydrogen-bond acceptors (Lipinski definition) is 2. The molecule has 2 nitrogen and oxygen atoms in total. The predicted octanol–water partition coefficient (Wildman–Crippen LogP) is 3.33. The molecule has 0 aliphatic carbocycles. The zero-order valence-corrected chi connectivity index (χ0v) is 11.8. The molecule has 0 aromatic heterocycles. The van der Waals surface area contributed by atoms with Crippen molar-refractivity contribution < 1.29 is 4.74 Å². The second kappa shape index (κ2) is 5.54. The first-order valence-corrected chi connectivity index (χ1v) is 6.31. The highest BCUT2D eigenvalue weighted by atomic mass is 16.5. The molecule has 0 aliphatic heterocycles. The molecule has 0 saturated carbocycles. The Morgan fingerprint density at radius 3 is 2.06 bits per heavy atom. The van der Waals surface area contributed by atoms with Gasteiger partial charge < -0.3 is 10.5 Å². The third kappa shape index (κ3) is 3.74. The molecule has 1 aromatic carbocycles. The van der Waals surface area contributed by atoms with E-state index in [1.807, 2.05) is 0 Å². The van der Waals surface area contributed by atoms with Crippen molar-refractivity contribution in [2.75, 3.05) is 13.2 Å². The van der Waals surface area contributed by atoms with E-state index in [9.17, 15) is 0 Å². The fraction of sp³-hybridized carbons (Fsp3) is 0.600. The summed E-state index contributed by atoms with van der Waals surface area (Å²) in [6.45, 7) is 12.3. The normalized spacial score (nSPS) is 11.6. The Balaban J connectivity index is 2.95. The van der Waals surface area contributed by atoms with E-state index in [1.165, 1.54) is 16.7 Å².